The Morgan fingerprint density at radius 2 is 2.35 bits per heavy atom. The van der Waals surface area contributed by atoms with Gasteiger partial charge in [0.05, 0.1) is 24.3 Å². The second kappa shape index (κ2) is 6.77. The minimum absolute atomic E-state index is 0.0301. The van der Waals surface area contributed by atoms with Gasteiger partial charge in [-0.1, -0.05) is 6.92 Å². The number of nitrogens with zero attached hydrogens (tertiary/aromatic N) is 4. The van der Waals surface area contributed by atoms with E-state index in [9.17, 15) is 9.90 Å². The fraction of sp³-hybridized carbons (Fsp3) is 0.533. The molecule has 0 saturated carbocycles. The summed E-state index contributed by atoms with van der Waals surface area (Å²) in [5.41, 5.74) is 0.679. The third kappa shape index (κ3) is 3.44. The lowest BCUT2D eigenvalue weighted by atomic mass is 10.2. The first kappa shape index (κ1) is 16.1. The van der Waals surface area contributed by atoms with Gasteiger partial charge in [-0.2, -0.15) is 11.3 Å². The molecule has 23 heavy (non-hydrogen) atoms. The molecule has 1 aliphatic heterocycles. The van der Waals surface area contributed by atoms with Gasteiger partial charge in [0.1, 0.15) is 0 Å². The van der Waals surface area contributed by atoms with E-state index in [0.717, 1.165) is 6.54 Å². The highest BCUT2D eigenvalue weighted by molar-refractivity contribution is 7.08. The predicted molar refractivity (Wildman–Crippen MR) is 85.1 cm³/mol. The summed E-state index contributed by atoms with van der Waals surface area (Å²) in [5, 5.41) is 21.9. The van der Waals surface area contributed by atoms with Crippen molar-refractivity contribution in [2.75, 3.05) is 19.6 Å². The van der Waals surface area contributed by atoms with Crippen molar-refractivity contribution in [1.82, 2.24) is 20.0 Å². The van der Waals surface area contributed by atoms with Crippen molar-refractivity contribution < 1.29 is 14.3 Å². The van der Waals surface area contributed by atoms with Crippen molar-refractivity contribution in [3.05, 3.63) is 34.2 Å². The molecule has 2 aromatic heterocycles. The number of carbonyl (C=O) groups excluding carboxylic acids is 1. The Morgan fingerprint density at radius 1 is 1.52 bits per heavy atom. The second-order valence-corrected chi connectivity index (χ2v) is 6.41. The molecule has 1 amide bonds. The molecule has 1 fully saturated rings. The number of aliphatic hydroxyl groups excluding tert-OH is 1. The smallest absolute Gasteiger partial charge is 0.254 e. The van der Waals surface area contributed by atoms with Gasteiger partial charge in [-0.05, 0) is 18.0 Å². The van der Waals surface area contributed by atoms with Gasteiger partial charge in [-0.25, -0.2) is 0 Å². The van der Waals surface area contributed by atoms with E-state index < -0.39 is 6.10 Å². The summed E-state index contributed by atoms with van der Waals surface area (Å²) in [6.07, 6.45) is -0.582. The first-order valence-corrected chi connectivity index (χ1v) is 8.55. The Balaban J connectivity index is 1.68. The molecule has 1 saturated heterocycles. The summed E-state index contributed by atoms with van der Waals surface area (Å²) >= 11 is 1.50. The van der Waals surface area contributed by atoms with Crippen LogP contribution in [0.25, 0.3) is 0 Å². The third-order valence-electron chi connectivity index (χ3n) is 4.10. The molecule has 1 unspecified atom stereocenters. The number of β-amino-alcohol motifs (C(OH)–C–C–N with tert-alkyl or cyclic N) is 1. The molecule has 0 bridgehead atoms. The van der Waals surface area contributed by atoms with E-state index in [1.54, 1.807) is 11.8 Å². The summed E-state index contributed by atoms with van der Waals surface area (Å²) < 4.78 is 5.42. The number of amides is 1. The van der Waals surface area contributed by atoms with Gasteiger partial charge in [0.15, 0.2) is 0 Å². The summed E-state index contributed by atoms with van der Waals surface area (Å²) in [6, 6.07) is 1.68. The Labute approximate surface area is 138 Å². The second-order valence-electron chi connectivity index (χ2n) is 5.63. The number of carbonyl (C=O) groups is 1. The molecule has 7 nitrogen and oxygen atoms in total. The highest BCUT2D eigenvalue weighted by Crippen LogP contribution is 2.21. The van der Waals surface area contributed by atoms with Crippen LogP contribution in [0.2, 0.25) is 0 Å². The molecule has 8 heteroatoms. The molecule has 0 radical (unpaired) electrons. The molecule has 0 aliphatic carbocycles. The number of likely N-dealkylation sites (tertiary alicyclic amines) is 1. The van der Waals surface area contributed by atoms with Crippen LogP contribution in [0.5, 0.6) is 0 Å². The molecule has 2 atom stereocenters. The van der Waals surface area contributed by atoms with Crippen LogP contribution in [0.3, 0.4) is 0 Å². The number of aryl methyl sites for hydroxylation is 1. The third-order valence-corrected chi connectivity index (χ3v) is 4.78. The van der Waals surface area contributed by atoms with E-state index in [2.05, 4.69) is 15.1 Å². The SMILES string of the molecule is CCN(Cc1nnc(C)o1)C1CN(C(=O)c2ccsc2)C[C@H]1O. The number of hydrogen-bond donors (Lipinski definition) is 1. The van der Waals surface area contributed by atoms with Crippen LogP contribution in [0.1, 0.15) is 29.1 Å². The summed E-state index contributed by atoms with van der Waals surface area (Å²) in [5.74, 6) is 1.02. The van der Waals surface area contributed by atoms with Gasteiger partial charge in [0.2, 0.25) is 11.8 Å². The van der Waals surface area contributed by atoms with E-state index >= 15 is 0 Å². The fourth-order valence-electron chi connectivity index (χ4n) is 2.90. The van der Waals surface area contributed by atoms with E-state index in [-0.39, 0.29) is 11.9 Å². The van der Waals surface area contributed by atoms with Crippen molar-refractivity contribution >= 4 is 17.2 Å². The average Bonchev–Trinajstić information content (AvgIpc) is 3.25. The molecule has 3 rings (SSSR count). The maximum absolute atomic E-state index is 12.4. The normalized spacial score (nSPS) is 21.3. The molecular weight excluding hydrogens is 316 g/mol. The van der Waals surface area contributed by atoms with Gasteiger partial charge < -0.3 is 14.4 Å². The Kier molecular flexibility index (Phi) is 4.74. The van der Waals surface area contributed by atoms with Crippen molar-refractivity contribution in [1.29, 1.82) is 0 Å². The fourth-order valence-corrected chi connectivity index (χ4v) is 3.53. The molecule has 3 heterocycles. The Bertz CT molecular complexity index is 657. The van der Waals surface area contributed by atoms with Crippen LogP contribution in [0.15, 0.2) is 21.2 Å². The molecule has 124 valence electrons. The van der Waals surface area contributed by atoms with E-state index in [1.807, 2.05) is 23.8 Å². The van der Waals surface area contributed by atoms with Crippen molar-refractivity contribution in [2.24, 2.45) is 0 Å². The Morgan fingerprint density at radius 3 is 2.96 bits per heavy atom. The van der Waals surface area contributed by atoms with Gasteiger partial charge in [-0.15, -0.1) is 10.2 Å². The molecule has 0 spiro atoms. The lowest BCUT2D eigenvalue weighted by Gasteiger charge is -2.27. The summed E-state index contributed by atoms with van der Waals surface area (Å²) in [4.78, 5) is 16.2. The van der Waals surface area contributed by atoms with Crippen LogP contribution in [-0.2, 0) is 6.54 Å². The highest BCUT2D eigenvalue weighted by atomic mass is 32.1. The molecule has 1 aliphatic rings. The lowest BCUT2D eigenvalue weighted by Crippen LogP contribution is -2.43. The standard InChI is InChI=1S/C15H20N4O3S/c1-3-18(8-14-17-16-10(2)22-14)12-6-19(7-13(12)20)15(21)11-4-5-23-9-11/h4-5,9,12-13,20H,3,6-8H2,1-2H3/t12?,13-/m1/s1. The topological polar surface area (TPSA) is 82.7 Å². The van der Waals surface area contributed by atoms with Gasteiger partial charge >= 0.3 is 0 Å². The molecule has 0 aromatic carbocycles. The van der Waals surface area contributed by atoms with Gasteiger partial charge in [-0.3, -0.25) is 9.69 Å². The number of thiophene rings is 1. The van der Waals surface area contributed by atoms with Crippen LogP contribution < -0.4 is 0 Å². The number of rotatable bonds is 5. The largest absolute Gasteiger partial charge is 0.424 e. The maximum atomic E-state index is 12.4. The number of aromatic nitrogens is 2. The van der Waals surface area contributed by atoms with Crippen LogP contribution in [0.4, 0.5) is 0 Å². The summed E-state index contributed by atoms with van der Waals surface area (Å²) in [6.45, 7) is 5.80. The number of likely N-dealkylation sites (N-methyl/N-ethyl adjacent to an activating group) is 1. The Hall–Kier alpha value is -1.77. The number of hydrogen-bond acceptors (Lipinski definition) is 7. The zero-order valence-electron chi connectivity index (χ0n) is 13.2. The van der Waals surface area contributed by atoms with Crippen LogP contribution in [-0.4, -0.2) is 62.8 Å². The average molecular weight is 336 g/mol. The van der Waals surface area contributed by atoms with Crippen molar-refractivity contribution in [3.8, 4) is 0 Å². The van der Waals surface area contributed by atoms with Crippen LogP contribution >= 0.6 is 11.3 Å². The first-order chi connectivity index (χ1) is 11.1. The predicted octanol–water partition coefficient (Wildman–Crippen LogP) is 1.15. The molecule has 1 N–H and O–H groups in total. The minimum Gasteiger partial charge on any atom is -0.424 e. The zero-order valence-corrected chi connectivity index (χ0v) is 14.0. The van der Waals surface area contributed by atoms with Crippen molar-refractivity contribution in [3.63, 3.8) is 0 Å². The van der Waals surface area contributed by atoms with E-state index in [1.165, 1.54) is 11.3 Å². The van der Waals surface area contributed by atoms with Gasteiger partial charge in [0.25, 0.3) is 5.91 Å². The maximum Gasteiger partial charge on any atom is 0.254 e. The summed E-state index contributed by atoms with van der Waals surface area (Å²) in [7, 11) is 0. The first-order valence-electron chi connectivity index (χ1n) is 7.61. The molecule has 2 aromatic rings. The van der Waals surface area contributed by atoms with Crippen molar-refractivity contribution in [2.45, 2.75) is 32.5 Å². The number of aliphatic hydroxyl groups is 1. The van der Waals surface area contributed by atoms with Crippen LogP contribution in [0, 0.1) is 6.92 Å². The zero-order chi connectivity index (χ0) is 16.4. The monoisotopic (exact) mass is 336 g/mol. The van der Waals surface area contributed by atoms with E-state index in [0.29, 0.717) is 37.0 Å². The highest BCUT2D eigenvalue weighted by Gasteiger charge is 2.38. The lowest BCUT2D eigenvalue weighted by molar-refractivity contribution is 0.0743. The van der Waals surface area contributed by atoms with Gasteiger partial charge in [0, 0.05) is 25.4 Å². The van der Waals surface area contributed by atoms with E-state index in [4.69, 9.17) is 4.42 Å². The molecular formula is C15H20N4O3S. The quantitative estimate of drug-likeness (QED) is 0.882. The minimum atomic E-state index is -0.582.